The molecule has 2 aliphatic heterocycles. The van der Waals surface area contributed by atoms with E-state index >= 15 is 0 Å². The van der Waals surface area contributed by atoms with Crippen molar-refractivity contribution < 1.29 is 9.90 Å². The highest BCUT2D eigenvalue weighted by molar-refractivity contribution is 5.66. The van der Waals surface area contributed by atoms with Crippen LogP contribution in [0, 0.1) is 12.8 Å². The number of nitrogens with zero attached hydrogens (tertiary/aromatic N) is 5. The number of aromatic nitrogens is 2. The molecular weight excluding hydrogens is 344 g/mol. The van der Waals surface area contributed by atoms with E-state index in [9.17, 15) is 9.90 Å². The minimum Gasteiger partial charge on any atom is -0.481 e. The van der Waals surface area contributed by atoms with Crippen molar-refractivity contribution in [2.75, 3.05) is 63.6 Å². The molecule has 0 spiro atoms. The first-order chi connectivity index (χ1) is 13.0. The zero-order chi connectivity index (χ0) is 19.4. The van der Waals surface area contributed by atoms with E-state index in [4.69, 9.17) is 0 Å². The summed E-state index contributed by atoms with van der Waals surface area (Å²) in [6.07, 6.45) is 1.99. The second-order valence-corrected chi connectivity index (χ2v) is 7.77. The average Bonchev–Trinajstić information content (AvgIpc) is 2.66. The minimum absolute atomic E-state index is 0.229. The van der Waals surface area contributed by atoms with Crippen molar-refractivity contribution in [3.8, 4) is 0 Å². The molecule has 27 heavy (non-hydrogen) atoms. The second kappa shape index (κ2) is 8.84. The van der Waals surface area contributed by atoms with Crippen LogP contribution in [-0.4, -0.2) is 90.2 Å². The van der Waals surface area contributed by atoms with E-state index < -0.39 is 5.97 Å². The summed E-state index contributed by atoms with van der Waals surface area (Å²) in [5, 5.41) is 12.2. The molecule has 0 radical (unpaired) electrons. The molecular formula is C19H32N6O2. The van der Waals surface area contributed by atoms with Crippen LogP contribution in [0.3, 0.4) is 0 Å². The van der Waals surface area contributed by atoms with Gasteiger partial charge in [-0.2, -0.15) is 4.98 Å². The first-order valence-corrected chi connectivity index (χ1v) is 9.89. The fraction of sp³-hybridized carbons (Fsp3) is 0.737. The average molecular weight is 377 g/mol. The lowest BCUT2D eigenvalue weighted by Crippen LogP contribution is -2.56. The highest BCUT2D eigenvalue weighted by Crippen LogP contribution is 2.30. The maximum absolute atomic E-state index is 11.2. The van der Waals surface area contributed by atoms with E-state index in [0.29, 0.717) is 24.3 Å². The molecule has 3 heterocycles. The molecule has 0 aliphatic carbocycles. The second-order valence-electron chi connectivity index (χ2n) is 7.77. The molecule has 3 rings (SSSR count). The van der Waals surface area contributed by atoms with Crippen LogP contribution in [0.1, 0.15) is 25.0 Å². The van der Waals surface area contributed by atoms with Gasteiger partial charge < -0.3 is 20.2 Å². The third-order valence-electron chi connectivity index (χ3n) is 5.82. The van der Waals surface area contributed by atoms with E-state index in [1.54, 1.807) is 0 Å². The standard InChI is InChI=1S/C19H32N6O2/c1-14-12-17(22-19(20-2)21-14)25-7-6-16(15(13-25)4-5-18(26)27)24-10-8-23(3)9-11-24/h12,15-16H,4-11,13H2,1-3H3,(H,26,27)(H,20,21,22)/t15-,16+/m1/s1. The Kier molecular flexibility index (Phi) is 6.49. The summed E-state index contributed by atoms with van der Waals surface area (Å²) in [4.78, 5) is 27.4. The van der Waals surface area contributed by atoms with Crippen LogP contribution in [-0.2, 0) is 4.79 Å². The summed E-state index contributed by atoms with van der Waals surface area (Å²) in [5.41, 5.74) is 0.938. The number of piperazine rings is 1. The Morgan fingerprint density at radius 3 is 2.67 bits per heavy atom. The molecule has 2 N–H and O–H groups in total. The van der Waals surface area contributed by atoms with Crippen molar-refractivity contribution in [2.24, 2.45) is 5.92 Å². The van der Waals surface area contributed by atoms with Crippen LogP contribution in [0.2, 0.25) is 0 Å². The van der Waals surface area contributed by atoms with Crippen LogP contribution in [0.4, 0.5) is 11.8 Å². The van der Waals surface area contributed by atoms with Crippen molar-refractivity contribution in [1.82, 2.24) is 19.8 Å². The normalized spacial score (nSPS) is 24.8. The topological polar surface area (TPSA) is 84.8 Å². The molecule has 0 amide bonds. The molecule has 8 nitrogen and oxygen atoms in total. The summed E-state index contributed by atoms with van der Waals surface area (Å²) in [6.45, 7) is 8.09. The molecule has 0 aromatic carbocycles. The minimum atomic E-state index is -0.709. The van der Waals surface area contributed by atoms with Gasteiger partial charge in [-0.25, -0.2) is 4.98 Å². The number of piperidine rings is 1. The van der Waals surface area contributed by atoms with Crippen LogP contribution in [0.15, 0.2) is 6.07 Å². The largest absolute Gasteiger partial charge is 0.481 e. The van der Waals surface area contributed by atoms with E-state index in [0.717, 1.165) is 57.2 Å². The van der Waals surface area contributed by atoms with Gasteiger partial charge in [0.15, 0.2) is 0 Å². The lowest BCUT2D eigenvalue weighted by atomic mass is 9.86. The first kappa shape index (κ1) is 19.8. The Morgan fingerprint density at radius 2 is 2.00 bits per heavy atom. The third kappa shape index (κ3) is 5.07. The summed E-state index contributed by atoms with van der Waals surface area (Å²) in [5.74, 6) is 1.20. The van der Waals surface area contributed by atoms with Gasteiger partial charge in [-0.15, -0.1) is 0 Å². The highest BCUT2D eigenvalue weighted by atomic mass is 16.4. The smallest absolute Gasteiger partial charge is 0.303 e. The molecule has 2 saturated heterocycles. The van der Waals surface area contributed by atoms with Gasteiger partial charge >= 0.3 is 5.97 Å². The number of rotatable bonds is 6. The number of hydrogen-bond acceptors (Lipinski definition) is 7. The summed E-state index contributed by atoms with van der Waals surface area (Å²) in [6, 6.07) is 2.48. The lowest BCUT2D eigenvalue weighted by molar-refractivity contribution is -0.137. The van der Waals surface area contributed by atoms with Gasteiger partial charge in [0.2, 0.25) is 5.95 Å². The van der Waals surface area contributed by atoms with E-state index in [1.165, 1.54) is 0 Å². The van der Waals surface area contributed by atoms with Gasteiger partial charge in [0.05, 0.1) is 0 Å². The number of anilines is 2. The number of hydrogen-bond donors (Lipinski definition) is 2. The molecule has 0 bridgehead atoms. The Hall–Kier alpha value is -1.93. The molecule has 2 atom stereocenters. The molecule has 2 aliphatic rings. The molecule has 150 valence electrons. The zero-order valence-electron chi connectivity index (χ0n) is 16.7. The number of carboxylic acids is 1. The van der Waals surface area contributed by atoms with Crippen molar-refractivity contribution in [2.45, 2.75) is 32.2 Å². The predicted molar refractivity (Wildman–Crippen MR) is 106 cm³/mol. The van der Waals surface area contributed by atoms with Crippen LogP contribution >= 0.6 is 0 Å². The zero-order valence-corrected chi connectivity index (χ0v) is 16.7. The summed E-state index contributed by atoms with van der Waals surface area (Å²) >= 11 is 0. The fourth-order valence-electron chi connectivity index (χ4n) is 4.28. The summed E-state index contributed by atoms with van der Waals surface area (Å²) < 4.78 is 0. The van der Waals surface area contributed by atoms with Gasteiger partial charge in [0, 0.05) is 70.5 Å². The Labute approximate surface area is 161 Å². The van der Waals surface area contributed by atoms with Crippen molar-refractivity contribution in [1.29, 1.82) is 0 Å². The molecule has 2 fully saturated rings. The first-order valence-electron chi connectivity index (χ1n) is 9.89. The van der Waals surface area contributed by atoms with Crippen LogP contribution in [0.5, 0.6) is 0 Å². The fourth-order valence-corrected chi connectivity index (χ4v) is 4.28. The number of aryl methyl sites for hydroxylation is 1. The van der Waals surface area contributed by atoms with Crippen molar-refractivity contribution in [3.63, 3.8) is 0 Å². The van der Waals surface area contributed by atoms with Crippen molar-refractivity contribution in [3.05, 3.63) is 11.8 Å². The van der Waals surface area contributed by atoms with Gasteiger partial charge in [-0.05, 0) is 32.7 Å². The van der Waals surface area contributed by atoms with E-state index in [2.05, 4.69) is 37.0 Å². The maximum Gasteiger partial charge on any atom is 0.303 e. The van der Waals surface area contributed by atoms with Gasteiger partial charge in [0.1, 0.15) is 5.82 Å². The summed E-state index contributed by atoms with van der Waals surface area (Å²) in [7, 11) is 3.99. The quantitative estimate of drug-likeness (QED) is 0.764. The van der Waals surface area contributed by atoms with E-state index in [-0.39, 0.29) is 6.42 Å². The Balaban J connectivity index is 1.74. The molecule has 0 unspecified atom stereocenters. The van der Waals surface area contributed by atoms with Crippen molar-refractivity contribution >= 4 is 17.7 Å². The molecule has 8 heteroatoms. The number of aliphatic carboxylic acids is 1. The monoisotopic (exact) mass is 376 g/mol. The number of likely N-dealkylation sites (N-methyl/N-ethyl adjacent to an activating group) is 1. The Bertz CT molecular complexity index is 647. The van der Waals surface area contributed by atoms with Gasteiger partial charge in [-0.1, -0.05) is 0 Å². The molecule has 1 aromatic heterocycles. The maximum atomic E-state index is 11.2. The number of carboxylic acid groups (broad SMARTS) is 1. The Morgan fingerprint density at radius 1 is 1.26 bits per heavy atom. The van der Waals surface area contributed by atoms with Crippen LogP contribution < -0.4 is 10.2 Å². The van der Waals surface area contributed by atoms with Gasteiger partial charge in [-0.3, -0.25) is 9.69 Å². The number of nitrogens with one attached hydrogen (secondary N) is 1. The lowest BCUT2D eigenvalue weighted by Gasteiger charge is -2.46. The van der Waals surface area contributed by atoms with Crippen LogP contribution in [0.25, 0.3) is 0 Å². The van der Waals surface area contributed by atoms with Gasteiger partial charge in [0.25, 0.3) is 0 Å². The van der Waals surface area contributed by atoms with E-state index in [1.807, 2.05) is 20.0 Å². The highest BCUT2D eigenvalue weighted by Gasteiger charge is 2.35. The molecule has 0 saturated carbocycles. The molecule has 1 aromatic rings. The SMILES string of the molecule is CNc1nc(C)cc(N2CC[C@H](N3CCN(C)CC3)[C@H](CCC(=O)O)C2)n1. The predicted octanol–water partition coefficient (Wildman–Crippen LogP) is 1.13. The third-order valence-corrected chi connectivity index (χ3v) is 5.82. The number of carbonyl (C=O) groups is 1.